The van der Waals surface area contributed by atoms with E-state index < -0.39 is 0 Å². The van der Waals surface area contributed by atoms with E-state index in [4.69, 9.17) is 0 Å². The molecule has 0 saturated heterocycles. The largest absolute Gasteiger partial charge is 4.00 e. The molecule has 0 aromatic heterocycles. The van der Waals surface area contributed by atoms with Crippen LogP contribution in [-0.2, 0) is 26.2 Å². The van der Waals surface area contributed by atoms with Crippen LogP contribution in [0.3, 0.4) is 0 Å². The van der Waals surface area contributed by atoms with Gasteiger partial charge in [0, 0.05) is 0 Å². The summed E-state index contributed by atoms with van der Waals surface area (Å²) in [6.45, 7) is 0. The van der Waals surface area contributed by atoms with Gasteiger partial charge in [0.15, 0.2) is 0 Å². The summed E-state index contributed by atoms with van der Waals surface area (Å²) < 4.78 is 0. The van der Waals surface area contributed by atoms with Crippen LogP contribution in [-0.4, -0.2) is 0 Å². The van der Waals surface area contributed by atoms with Crippen LogP contribution in [0.2, 0.25) is 0 Å². The fourth-order valence-electron chi connectivity index (χ4n) is 1.28. The van der Waals surface area contributed by atoms with Gasteiger partial charge < -0.3 is 0 Å². The molecule has 0 aliphatic rings. The fourth-order valence-corrected chi connectivity index (χ4v) is 1.28. The first-order valence-electron chi connectivity index (χ1n) is 6.67. The molecule has 0 aliphatic carbocycles. The molecule has 0 atom stereocenters. The molecule has 0 heterocycles. The maximum atomic E-state index is 2.00. The van der Waals surface area contributed by atoms with E-state index in [1.807, 2.05) is 121 Å². The van der Waals surface area contributed by atoms with Crippen LogP contribution >= 0.6 is 24.8 Å². The molecule has 0 nitrogen and oxygen atoms in total. The summed E-state index contributed by atoms with van der Waals surface area (Å²) in [6, 6.07) is 40.0. The molecule has 0 amide bonds. The van der Waals surface area contributed by atoms with Gasteiger partial charge in [0.1, 0.15) is 0 Å². The molecule has 4 rings (SSSR count). The zero-order chi connectivity index (χ0) is 14.1. The quantitative estimate of drug-likeness (QED) is 0.284. The van der Waals surface area contributed by atoms with Crippen LogP contribution in [0.4, 0.5) is 0 Å². The van der Waals surface area contributed by atoms with Crippen LogP contribution in [0.25, 0.3) is 0 Å². The average Bonchev–Trinajstić information content (AvgIpc) is 3.40. The number of hydrogen-bond donors (Lipinski definition) is 0. The van der Waals surface area contributed by atoms with Crippen molar-refractivity contribution in [1.82, 2.24) is 0 Å². The van der Waals surface area contributed by atoms with Crippen LogP contribution in [0.1, 0.15) is 0 Å². The van der Waals surface area contributed by atoms with E-state index in [0.717, 1.165) is 0 Å². The Morgan fingerprint density at radius 1 is 0.304 bits per heavy atom. The first-order chi connectivity index (χ1) is 10.0. The van der Waals surface area contributed by atoms with E-state index in [-0.39, 0.29) is 51.0 Å². The van der Waals surface area contributed by atoms with E-state index in [2.05, 4.69) is 0 Å². The predicted octanol–water partition coefficient (Wildman–Crippen LogP) is 6.46. The van der Waals surface area contributed by atoms with Gasteiger partial charge in [0.25, 0.3) is 0 Å². The second kappa shape index (κ2) is 23.1. The van der Waals surface area contributed by atoms with E-state index in [0.29, 0.717) is 0 Å². The van der Waals surface area contributed by atoms with Gasteiger partial charge in [-0.2, -0.15) is 72.8 Å². The molecule has 120 valence electrons. The molecule has 0 radical (unpaired) electrons. The van der Waals surface area contributed by atoms with Gasteiger partial charge >= 0.3 is 26.2 Å². The van der Waals surface area contributed by atoms with E-state index in [1.54, 1.807) is 0 Å². The Morgan fingerprint density at radius 2 is 0.435 bits per heavy atom. The minimum atomic E-state index is 0. The van der Waals surface area contributed by atoms with Crippen molar-refractivity contribution in [3.63, 3.8) is 0 Å². The molecule has 0 aliphatic heterocycles. The molecule has 0 spiro atoms. The molecule has 4 aromatic rings. The van der Waals surface area contributed by atoms with Crippen molar-refractivity contribution < 1.29 is 26.2 Å². The Morgan fingerprint density at radius 3 is 0.478 bits per heavy atom. The Bertz CT molecular complexity index is 347. The molecule has 23 heavy (non-hydrogen) atoms. The van der Waals surface area contributed by atoms with E-state index >= 15 is 0 Å². The number of rotatable bonds is 0. The van der Waals surface area contributed by atoms with E-state index in [1.165, 1.54) is 0 Å². The zero-order valence-electron chi connectivity index (χ0n) is 12.9. The maximum Gasteiger partial charge on any atom is 4.00 e. The molecular weight excluding hydrogens is 402 g/mol. The first-order valence-corrected chi connectivity index (χ1v) is 6.67. The summed E-state index contributed by atoms with van der Waals surface area (Å²) in [7, 11) is 0. The third-order valence-corrected chi connectivity index (χ3v) is 2.22. The van der Waals surface area contributed by atoms with Gasteiger partial charge in [0.05, 0.1) is 0 Å². The maximum absolute atomic E-state index is 2.00. The van der Waals surface area contributed by atoms with Crippen molar-refractivity contribution in [3.05, 3.63) is 121 Å². The second-order valence-electron chi connectivity index (χ2n) is 3.85. The molecule has 0 saturated carbocycles. The third kappa shape index (κ3) is 20.9. The molecule has 3 heteroatoms. The van der Waals surface area contributed by atoms with Gasteiger partial charge in [-0.1, -0.05) is 0 Å². The Kier molecular flexibility index (Phi) is 26.9. The van der Waals surface area contributed by atoms with Gasteiger partial charge in [-0.05, 0) is 0 Å². The average molecular weight is 425 g/mol. The smallest absolute Gasteiger partial charge is 0.214 e. The van der Waals surface area contributed by atoms with Crippen LogP contribution < -0.4 is 0 Å². The Labute approximate surface area is 171 Å². The standard InChI is InChI=1S/4C5H5.2ClH.Zr/c4*1-2-4-5-3-1;;;/h4*1-5H;2*1H;/q4*-1;;;+4. The molecule has 0 fully saturated rings. The molecule has 0 N–H and O–H groups in total. The van der Waals surface area contributed by atoms with Crippen LogP contribution in [0.5, 0.6) is 0 Å². The van der Waals surface area contributed by atoms with Gasteiger partial charge in [-0.3, -0.25) is 0 Å². The monoisotopic (exact) mass is 422 g/mol. The normalized spacial score (nSPS) is 6.96. The fraction of sp³-hybridized carbons (Fsp3) is 0. The summed E-state index contributed by atoms with van der Waals surface area (Å²) in [5, 5.41) is 0. The van der Waals surface area contributed by atoms with Gasteiger partial charge in [0.2, 0.25) is 0 Å². The number of halogens is 2. The van der Waals surface area contributed by atoms with Gasteiger partial charge in [-0.15, -0.1) is 24.8 Å². The molecular formula is C20H22Cl2Zr. The summed E-state index contributed by atoms with van der Waals surface area (Å²) >= 11 is 0. The Hall–Kier alpha value is -1.14. The second-order valence-corrected chi connectivity index (χ2v) is 3.85. The number of hydrogen-bond acceptors (Lipinski definition) is 0. The van der Waals surface area contributed by atoms with Crippen molar-refractivity contribution in [2.75, 3.05) is 0 Å². The van der Waals surface area contributed by atoms with Crippen molar-refractivity contribution >= 4 is 24.8 Å². The van der Waals surface area contributed by atoms with Crippen molar-refractivity contribution in [1.29, 1.82) is 0 Å². The van der Waals surface area contributed by atoms with Gasteiger partial charge in [-0.25, -0.2) is 48.5 Å². The minimum Gasteiger partial charge on any atom is -0.214 e. The molecule has 0 unspecified atom stereocenters. The minimum absolute atomic E-state index is 0. The summed E-state index contributed by atoms with van der Waals surface area (Å²) in [6.07, 6.45) is 0. The van der Waals surface area contributed by atoms with Crippen molar-refractivity contribution in [3.8, 4) is 0 Å². The van der Waals surface area contributed by atoms with E-state index in [9.17, 15) is 0 Å². The summed E-state index contributed by atoms with van der Waals surface area (Å²) in [5.41, 5.74) is 0. The topological polar surface area (TPSA) is 0 Å². The Balaban J connectivity index is -0.000000222. The predicted molar refractivity (Wildman–Crippen MR) is 103 cm³/mol. The SMILES string of the molecule is Cl.Cl.[Zr+4].c1cc[cH-]c1.c1cc[cH-]c1.c1cc[cH-]c1.c1cc[cH-]c1. The van der Waals surface area contributed by atoms with Crippen LogP contribution in [0, 0.1) is 0 Å². The summed E-state index contributed by atoms with van der Waals surface area (Å²) in [4.78, 5) is 0. The third-order valence-electron chi connectivity index (χ3n) is 2.22. The first kappa shape index (κ1) is 26.7. The zero-order valence-corrected chi connectivity index (χ0v) is 17.0. The van der Waals surface area contributed by atoms with Crippen molar-refractivity contribution in [2.45, 2.75) is 0 Å². The van der Waals surface area contributed by atoms with Crippen LogP contribution in [0.15, 0.2) is 121 Å². The molecule has 0 bridgehead atoms. The van der Waals surface area contributed by atoms with Crippen molar-refractivity contribution in [2.24, 2.45) is 0 Å². The molecule has 4 aromatic carbocycles. The summed E-state index contributed by atoms with van der Waals surface area (Å²) in [5.74, 6) is 0.